The van der Waals surface area contributed by atoms with Crippen LogP contribution in [0.4, 0.5) is 0 Å². The summed E-state index contributed by atoms with van der Waals surface area (Å²) in [5.41, 5.74) is 0. The van der Waals surface area contributed by atoms with E-state index < -0.39 is 0 Å². The fourth-order valence-electron chi connectivity index (χ4n) is 0.215. The third kappa shape index (κ3) is 5.93. The first kappa shape index (κ1) is 10.8. The molecule has 0 aliphatic carbocycles. The molecule has 0 amide bonds. The highest BCUT2D eigenvalue weighted by Gasteiger charge is 1.56. The maximum Gasteiger partial charge on any atom is 0.0487 e. The zero-order valence-electron chi connectivity index (χ0n) is 4.66. The molecular formula is C4H10ClN2P. The van der Waals surface area contributed by atoms with E-state index in [9.17, 15) is 0 Å². The van der Waals surface area contributed by atoms with Gasteiger partial charge < -0.3 is 0 Å². The van der Waals surface area contributed by atoms with Crippen LogP contribution in [-0.2, 0) is 0 Å². The molecule has 0 aromatic carbocycles. The highest BCUT2D eigenvalue weighted by molar-refractivity contribution is 7.15. The van der Waals surface area contributed by atoms with E-state index in [0.717, 1.165) is 0 Å². The van der Waals surface area contributed by atoms with Crippen molar-refractivity contribution in [2.45, 2.75) is 0 Å². The van der Waals surface area contributed by atoms with E-state index in [0.29, 0.717) is 0 Å². The second kappa shape index (κ2) is 10.0. The number of nitrogens with zero attached hydrogens (tertiary/aromatic N) is 1. The molecule has 2 nitrogen and oxygen atoms in total. The summed E-state index contributed by atoms with van der Waals surface area (Å²) in [4.78, 5) is 0. The molecule has 0 aliphatic rings. The molecule has 0 fully saturated rings. The minimum Gasteiger partial charge on any atom is -0.286 e. The van der Waals surface area contributed by atoms with E-state index >= 15 is 0 Å². The van der Waals surface area contributed by atoms with Crippen LogP contribution in [-0.4, -0.2) is 16.9 Å². The average molecular weight is 153 g/mol. The van der Waals surface area contributed by atoms with E-state index in [1.165, 1.54) is 0 Å². The van der Waals surface area contributed by atoms with Gasteiger partial charge in [-0.25, -0.2) is 0 Å². The summed E-state index contributed by atoms with van der Waals surface area (Å²) in [6.07, 6.45) is 3.46. The van der Waals surface area contributed by atoms with Gasteiger partial charge in [-0.15, -0.1) is 21.6 Å². The average Bonchev–Trinajstić information content (AvgIpc) is 2.23. The van der Waals surface area contributed by atoms with E-state index in [2.05, 4.69) is 19.4 Å². The van der Waals surface area contributed by atoms with Crippen molar-refractivity contribution in [3.05, 3.63) is 18.5 Å². The molecule has 0 spiro atoms. The largest absolute Gasteiger partial charge is 0.286 e. The molecule has 0 saturated heterocycles. The molecular weight excluding hydrogens is 142 g/mol. The number of hydrogen-bond acceptors (Lipinski definition) is 1. The second-order valence-electron chi connectivity index (χ2n) is 0.766. The lowest BCUT2D eigenvalue weighted by Gasteiger charge is -1.49. The first-order valence-corrected chi connectivity index (χ1v) is 3.17. The molecule has 0 radical (unpaired) electrons. The number of nitrogens with one attached hydrogen (secondary N) is 1. The smallest absolute Gasteiger partial charge is 0.0487 e. The normalized spacial score (nSPS) is 5.75. The van der Waals surface area contributed by atoms with Crippen molar-refractivity contribution in [2.24, 2.45) is 0 Å². The van der Waals surface area contributed by atoms with Crippen LogP contribution in [0.3, 0.4) is 0 Å². The molecule has 1 N–H and O–H groups in total. The van der Waals surface area contributed by atoms with Crippen LogP contribution in [0.1, 0.15) is 0 Å². The molecule has 0 aliphatic heterocycles. The van der Waals surface area contributed by atoms with Gasteiger partial charge in [0.15, 0.2) is 0 Å². The Morgan fingerprint density at radius 1 is 1.50 bits per heavy atom. The summed E-state index contributed by atoms with van der Waals surface area (Å²) in [5, 5.41) is 6.21. The Morgan fingerprint density at radius 3 is 2.25 bits per heavy atom. The Kier molecular flexibility index (Phi) is 13.6. The van der Waals surface area contributed by atoms with Gasteiger partial charge in [0.2, 0.25) is 0 Å². The lowest BCUT2D eigenvalue weighted by Crippen LogP contribution is -1.53. The molecule has 4 heteroatoms. The highest BCUT2D eigenvalue weighted by atomic mass is 35.5. The van der Waals surface area contributed by atoms with E-state index in [1.807, 2.05) is 12.7 Å². The van der Waals surface area contributed by atoms with Gasteiger partial charge in [0, 0.05) is 12.4 Å². The Morgan fingerprint density at radius 2 is 2.12 bits per heavy atom. The SMILES string of the molecule is CP.Cl.c1cn[nH]c1. The Labute approximate surface area is 57.7 Å². The number of aromatic amines is 1. The summed E-state index contributed by atoms with van der Waals surface area (Å²) in [7, 11) is 2.42. The van der Waals surface area contributed by atoms with Crippen LogP contribution in [0, 0.1) is 0 Å². The molecule has 1 unspecified atom stereocenters. The van der Waals surface area contributed by atoms with Gasteiger partial charge in [0.05, 0.1) is 0 Å². The van der Waals surface area contributed by atoms with Crippen LogP contribution in [0.15, 0.2) is 18.5 Å². The summed E-state index contributed by atoms with van der Waals surface area (Å²) < 4.78 is 0. The molecule has 48 valence electrons. The van der Waals surface area contributed by atoms with Crippen molar-refractivity contribution in [1.82, 2.24) is 10.2 Å². The Hall–Kier alpha value is -0.0700. The van der Waals surface area contributed by atoms with Crippen molar-refractivity contribution in [3.63, 3.8) is 0 Å². The monoisotopic (exact) mass is 152 g/mol. The minimum absolute atomic E-state index is 0. The van der Waals surface area contributed by atoms with E-state index in [1.54, 1.807) is 12.4 Å². The second-order valence-corrected chi connectivity index (χ2v) is 0.766. The van der Waals surface area contributed by atoms with Crippen molar-refractivity contribution >= 4 is 21.6 Å². The van der Waals surface area contributed by atoms with E-state index in [4.69, 9.17) is 0 Å². The van der Waals surface area contributed by atoms with Gasteiger partial charge in [-0.2, -0.15) is 5.10 Å². The Bertz CT molecular complexity index is 70.5. The minimum atomic E-state index is 0. The van der Waals surface area contributed by atoms with Crippen molar-refractivity contribution in [3.8, 4) is 0 Å². The number of H-pyrrole nitrogens is 1. The molecule has 1 rings (SSSR count). The molecule has 1 aromatic rings. The van der Waals surface area contributed by atoms with Crippen LogP contribution < -0.4 is 0 Å². The molecule has 1 heterocycles. The molecule has 1 aromatic heterocycles. The topological polar surface area (TPSA) is 28.7 Å². The van der Waals surface area contributed by atoms with Crippen LogP contribution >= 0.6 is 21.6 Å². The van der Waals surface area contributed by atoms with Gasteiger partial charge in [-0.05, 0) is 6.07 Å². The fraction of sp³-hybridized carbons (Fsp3) is 0.250. The summed E-state index contributed by atoms with van der Waals surface area (Å²) in [6.45, 7) is 1.92. The maximum atomic E-state index is 3.60. The van der Waals surface area contributed by atoms with Crippen LogP contribution in [0.2, 0.25) is 0 Å². The highest BCUT2D eigenvalue weighted by Crippen LogP contribution is 1.64. The van der Waals surface area contributed by atoms with E-state index in [-0.39, 0.29) is 12.4 Å². The maximum absolute atomic E-state index is 3.60. The van der Waals surface area contributed by atoms with Crippen LogP contribution in [0.5, 0.6) is 0 Å². The van der Waals surface area contributed by atoms with Crippen LogP contribution in [0.25, 0.3) is 0 Å². The summed E-state index contributed by atoms with van der Waals surface area (Å²) in [5.74, 6) is 0. The van der Waals surface area contributed by atoms with Gasteiger partial charge in [-0.3, -0.25) is 5.10 Å². The van der Waals surface area contributed by atoms with Gasteiger partial charge in [0.25, 0.3) is 0 Å². The Balaban J connectivity index is 0. The molecule has 8 heavy (non-hydrogen) atoms. The van der Waals surface area contributed by atoms with Crippen molar-refractivity contribution < 1.29 is 0 Å². The predicted octanol–water partition coefficient (Wildman–Crippen LogP) is 1.32. The van der Waals surface area contributed by atoms with Gasteiger partial charge in [-0.1, -0.05) is 6.66 Å². The lowest BCUT2D eigenvalue weighted by molar-refractivity contribution is 1.09. The third-order valence-electron chi connectivity index (χ3n) is 0.406. The molecule has 1 atom stereocenters. The number of halogens is 1. The van der Waals surface area contributed by atoms with Gasteiger partial charge in [0.1, 0.15) is 0 Å². The number of aromatic nitrogens is 2. The predicted molar refractivity (Wildman–Crippen MR) is 41.5 cm³/mol. The number of hydrogen-bond donors (Lipinski definition) is 1. The third-order valence-corrected chi connectivity index (χ3v) is 0.406. The lowest BCUT2D eigenvalue weighted by atomic mass is 10.8. The van der Waals surface area contributed by atoms with Crippen molar-refractivity contribution in [2.75, 3.05) is 6.66 Å². The first-order valence-electron chi connectivity index (χ1n) is 2.01. The number of rotatable bonds is 0. The van der Waals surface area contributed by atoms with Crippen molar-refractivity contribution in [1.29, 1.82) is 0 Å². The molecule has 0 bridgehead atoms. The first-order chi connectivity index (χ1) is 3.50. The summed E-state index contributed by atoms with van der Waals surface area (Å²) >= 11 is 0. The van der Waals surface area contributed by atoms with Gasteiger partial charge >= 0.3 is 0 Å². The zero-order chi connectivity index (χ0) is 5.54. The fourth-order valence-corrected chi connectivity index (χ4v) is 0.215. The zero-order valence-corrected chi connectivity index (χ0v) is 6.64. The summed E-state index contributed by atoms with van der Waals surface area (Å²) in [6, 6.07) is 1.83. The standard InChI is InChI=1S/C3H4N2.CH5P.ClH/c1-2-4-5-3-1;1-2;/h1-3H,(H,4,5);2H2,1H3;1H. The quantitative estimate of drug-likeness (QED) is 0.558. The molecule has 0 saturated carbocycles.